The number of likely N-dealkylation sites (tertiary alicyclic amines) is 1. The number of hydrogen-bond donors (Lipinski definition) is 0. The first-order valence-corrected chi connectivity index (χ1v) is 9.95. The van der Waals surface area contributed by atoms with Crippen molar-refractivity contribution in [1.82, 2.24) is 9.80 Å². The van der Waals surface area contributed by atoms with Gasteiger partial charge < -0.3 is 9.80 Å². The van der Waals surface area contributed by atoms with Crippen molar-refractivity contribution in [3.05, 3.63) is 47.3 Å². The lowest BCUT2D eigenvalue weighted by Crippen LogP contribution is -2.58. The zero-order chi connectivity index (χ0) is 19.8. The molecule has 1 saturated carbocycles. The number of nitrogens with zero attached hydrogens (tertiary/aromatic N) is 3. The lowest BCUT2D eigenvalue weighted by molar-refractivity contribution is -0.139. The summed E-state index contributed by atoms with van der Waals surface area (Å²) in [6.45, 7) is 5.04. The molecule has 3 fully saturated rings. The Morgan fingerprint density at radius 2 is 1.75 bits per heavy atom. The van der Waals surface area contributed by atoms with Gasteiger partial charge in [0.15, 0.2) is 0 Å². The Morgan fingerprint density at radius 3 is 2.36 bits per heavy atom. The van der Waals surface area contributed by atoms with E-state index in [1.807, 2.05) is 11.0 Å². The molecule has 1 aromatic carbocycles. The zero-order valence-electron chi connectivity index (χ0n) is 15.9. The molecule has 0 spiro atoms. The monoisotopic (exact) mass is 381 g/mol. The molecule has 2 atom stereocenters. The first-order valence-electron chi connectivity index (χ1n) is 9.95. The van der Waals surface area contributed by atoms with E-state index in [1.165, 1.54) is 23.8 Å². The fourth-order valence-electron chi connectivity index (χ4n) is 4.84. The molecule has 0 radical (unpaired) electrons. The van der Waals surface area contributed by atoms with Gasteiger partial charge >= 0.3 is 0 Å². The summed E-state index contributed by atoms with van der Waals surface area (Å²) in [5, 5.41) is 9.05. The average Bonchev–Trinajstić information content (AvgIpc) is 2.97. The predicted octanol–water partition coefficient (Wildman–Crippen LogP) is 3.26. The van der Waals surface area contributed by atoms with Gasteiger partial charge in [-0.15, -0.1) is 0 Å². The van der Waals surface area contributed by atoms with Crippen LogP contribution in [0.5, 0.6) is 0 Å². The van der Waals surface area contributed by atoms with Crippen LogP contribution in [0.1, 0.15) is 54.4 Å². The van der Waals surface area contributed by atoms with Gasteiger partial charge in [-0.25, -0.2) is 4.39 Å². The zero-order valence-corrected chi connectivity index (χ0v) is 15.9. The minimum absolute atomic E-state index is 0.0527. The van der Waals surface area contributed by atoms with E-state index in [-0.39, 0.29) is 40.9 Å². The highest BCUT2D eigenvalue weighted by molar-refractivity contribution is 5.95. The fraction of sp³-hybridized carbons (Fsp3) is 0.500. The Morgan fingerprint density at radius 1 is 1.11 bits per heavy atom. The Kier molecular flexibility index (Phi) is 4.92. The molecular weight excluding hydrogens is 357 g/mol. The molecule has 28 heavy (non-hydrogen) atoms. The maximum absolute atomic E-state index is 14.2. The number of carbonyl (C=O) groups is 2. The van der Waals surface area contributed by atoms with Crippen LogP contribution in [-0.2, 0) is 4.79 Å². The molecule has 2 saturated heterocycles. The van der Waals surface area contributed by atoms with Crippen molar-refractivity contribution in [3.63, 3.8) is 0 Å². The van der Waals surface area contributed by atoms with Gasteiger partial charge in [-0.2, -0.15) is 5.26 Å². The highest BCUT2D eigenvalue weighted by Crippen LogP contribution is 2.35. The predicted molar refractivity (Wildman–Crippen MR) is 102 cm³/mol. The molecule has 0 aromatic heterocycles. The third-order valence-corrected chi connectivity index (χ3v) is 6.40. The smallest absolute Gasteiger partial charge is 0.257 e. The summed E-state index contributed by atoms with van der Waals surface area (Å²) in [5.74, 6) is -0.737. The van der Waals surface area contributed by atoms with Gasteiger partial charge in [-0.3, -0.25) is 9.59 Å². The number of carbonyl (C=O) groups excluding carboxylic acids is 2. The van der Waals surface area contributed by atoms with Gasteiger partial charge in [-0.1, -0.05) is 12.2 Å². The van der Waals surface area contributed by atoms with Crippen LogP contribution in [0.15, 0.2) is 30.4 Å². The van der Waals surface area contributed by atoms with Gasteiger partial charge in [-0.05, 0) is 56.7 Å². The van der Waals surface area contributed by atoms with E-state index in [9.17, 15) is 14.0 Å². The second kappa shape index (κ2) is 7.38. The molecule has 0 N–H and O–H groups in total. The molecular formula is C22H24FN3O2. The number of amides is 2. The maximum atomic E-state index is 14.2. The van der Waals surface area contributed by atoms with Gasteiger partial charge in [0.25, 0.3) is 5.91 Å². The van der Waals surface area contributed by atoms with Crippen LogP contribution in [0, 0.1) is 23.1 Å². The van der Waals surface area contributed by atoms with E-state index in [0.717, 1.165) is 38.5 Å². The average molecular weight is 381 g/mol. The van der Waals surface area contributed by atoms with Crippen LogP contribution in [0.3, 0.4) is 0 Å². The van der Waals surface area contributed by atoms with Crippen LogP contribution in [0.2, 0.25) is 0 Å². The van der Waals surface area contributed by atoms with Gasteiger partial charge in [0.05, 0.1) is 29.3 Å². The van der Waals surface area contributed by atoms with Crippen molar-refractivity contribution >= 4 is 11.8 Å². The van der Waals surface area contributed by atoms with E-state index in [4.69, 9.17) is 5.26 Å². The van der Waals surface area contributed by atoms with Crippen LogP contribution in [-0.4, -0.2) is 46.8 Å². The molecule has 1 aromatic rings. The standard InChI is InChI=1S/C22H24FN3O2/c1-14-2-5-16(6-3-14)21(27)25-12-17-7-8-18(13-25)26(17)22(28)19-10-15(11-24)4-9-20(19)23/h4,9-10,16-18H,1-3,5-8,12-13H2/t17-,18+. The van der Waals surface area contributed by atoms with Crippen LogP contribution < -0.4 is 0 Å². The molecule has 3 aliphatic rings. The molecule has 6 heteroatoms. The molecule has 1 aliphatic carbocycles. The number of halogens is 1. The van der Waals surface area contributed by atoms with Gasteiger partial charge in [0.1, 0.15) is 5.82 Å². The highest BCUT2D eigenvalue weighted by Gasteiger charge is 2.45. The van der Waals surface area contributed by atoms with E-state index in [1.54, 1.807) is 4.90 Å². The number of rotatable bonds is 2. The molecule has 2 aliphatic heterocycles. The summed E-state index contributed by atoms with van der Waals surface area (Å²) in [7, 11) is 0. The summed E-state index contributed by atoms with van der Waals surface area (Å²) in [4.78, 5) is 29.6. The number of nitriles is 1. The van der Waals surface area contributed by atoms with E-state index in [2.05, 4.69) is 6.58 Å². The van der Waals surface area contributed by atoms with Gasteiger partial charge in [0.2, 0.25) is 5.91 Å². The van der Waals surface area contributed by atoms with Crippen LogP contribution in [0.25, 0.3) is 0 Å². The SMILES string of the molecule is C=C1CCC(C(=O)N2C[C@H]3CC[C@@H](C2)N3C(=O)c2cc(C#N)ccc2F)CC1. The summed E-state index contributed by atoms with van der Waals surface area (Å²) < 4.78 is 14.2. The summed E-state index contributed by atoms with van der Waals surface area (Å²) >= 11 is 0. The van der Waals surface area contributed by atoms with E-state index >= 15 is 0 Å². The van der Waals surface area contributed by atoms with Gasteiger partial charge in [0, 0.05) is 19.0 Å². The number of fused-ring (bicyclic) bond motifs is 2. The molecule has 2 heterocycles. The third kappa shape index (κ3) is 3.30. The second-order valence-corrected chi connectivity index (χ2v) is 8.17. The van der Waals surface area contributed by atoms with Crippen molar-refractivity contribution in [3.8, 4) is 6.07 Å². The van der Waals surface area contributed by atoms with Crippen molar-refractivity contribution in [2.45, 2.75) is 50.6 Å². The van der Waals surface area contributed by atoms with Crippen molar-refractivity contribution in [2.24, 2.45) is 5.92 Å². The third-order valence-electron chi connectivity index (χ3n) is 6.40. The Labute approximate surface area is 164 Å². The molecule has 2 bridgehead atoms. The topological polar surface area (TPSA) is 64.4 Å². The number of allylic oxidation sites excluding steroid dienone is 1. The first kappa shape index (κ1) is 18.7. The number of hydrogen-bond acceptors (Lipinski definition) is 3. The number of piperazine rings is 1. The van der Waals surface area contributed by atoms with E-state index < -0.39 is 5.82 Å². The quantitative estimate of drug-likeness (QED) is 0.739. The van der Waals surface area contributed by atoms with Crippen molar-refractivity contribution < 1.29 is 14.0 Å². The Balaban J connectivity index is 1.48. The fourth-order valence-corrected chi connectivity index (χ4v) is 4.84. The van der Waals surface area contributed by atoms with Crippen molar-refractivity contribution in [2.75, 3.05) is 13.1 Å². The molecule has 146 valence electrons. The van der Waals surface area contributed by atoms with Crippen molar-refractivity contribution in [1.29, 1.82) is 5.26 Å². The van der Waals surface area contributed by atoms with Crippen LogP contribution in [0.4, 0.5) is 4.39 Å². The molecule has 2 amide bonds. The molecule has 0 unspecified atom stereocenters. The summed E-state index contributed by atoms with van der Waals surface area (Å²) in [5.41, 5.74) is 1.44. The molecule has 4 rings (SSSR count). The second-order valence-electron chi connectivity index (χ2n) is 8.17. The Bertz CT molecular complexity index is 851. The first-order chi connectivity index (χ1) is 13.5. The maximum Gasteiger partial charge on any atom is 0.257 e. The number of benzene rings is 1. The summed E-state index contributed by atoms with van der Waals surface area (Å²) in [6, 6.07) is 5.65. The highest BCUT2D eigenvalue weighted by atomic mass is 19.1. The summed E-state index contributed by atoms with van der Waals surface area (Å²) in [6.07, 6.45) is 5.19. The lowest BCUT2D eigenvalue weighted by atomic mass is 9.85. The largest absolute Gasteiger partial charge is 0.338 e. The lowest BCUT2D eigenvalue weighted by Gasteiger charge is -2.42. The molecule has 5 nitrogen and oxygen atoms in total. The minimum Gasteiger partial charge on any atom is -0.338 e. The van der Waals surface area contributed by atoms with E-state index in [0.29, 0.717) is 13.1 Å². The normalized spacial score (nSPS) is 24.9. The Hall–Kier alpha value is -2.68. The van der Waals surface area contributed by atoms with Crippen LogP contribution >= 0.6 is 0 Å². The minimum atomic E-state index is -0.607.